The van der Waals surface area contributed by atoms with Gasteiger partial charge in [0.15, 0.2) is 0 Å². The lowest BCUT2D eigenvalue weighted by Crippen LogP contribution is -2.49. The number of hydrogen-bond acceptors (Lipinski definition) is 3. The monoisotopic (exact) mass is 324 g/mol. The first-order valence-electron chi connectivity index (χ1n) is 7.92. The lowest BCUT2D eigenvalue weighted by atomic mass is 9.86. The number of hydrogen-bond donors (Lipinski definition) is 3. The average molecular weight is 324 g/mol. The Balaban J connectivity index is 1.86. The van der Waals surface area contributed by atoms with Gasteiger partial charge in [-0.1, -0.05) is 25.5 Å². The Hall–Kier alpha value is -1.66. The predicted molar refractivity (Wildman–Crippen MR) is 85.5 cm³/mol. The fourth-order valence-corrected chi connectivity index (χ4v) is 3.08. The van der Waals surface area contributed by atoms with Crippen molar-refractivity contribution >= 4 is 6.03 Å². The molecule has 128 valence electrons. The van der Waals surface area contributed by atoms with Crippen LogP contribution in [0.15, 0.2) is 24.3 Å². The van der Waals surface area contributed by atoms with Crippen LogP contribution >= 0.6 is 0 Å². The van der Waals surface area contributed by atoms with E-state index in [1.165, 1.54) is 12.1 Å². The van der Waals surface area contributed by atoms with Crippen LogP contribution in [-0.4, -0.2) is 37.4 Å². The summed E-state index contributed by atoms with van der Waals surface area (Å²) in [4.78, 5) is 12.1. The molecule has 1 saturated carbocycles. The molecule has 0 heterocycles. The van der Waals surface area contributed by atoms with Gasteiger partial charge in [-0.25, -0.2) is 9.18 Å². The molecule has 3 unspecified atom stereocenters. The number of benzene rings is 1. The molecule has 1 aromatic rings. The van der Waals surface area contributed by atoms with Crippen LogP contribution in [0.1, 0.15) is 37.9 Å². The van der Waals surface area contributed by atoms with Gasteiger partial charge in [0.05, 0.1) is 12.7 Å². The van der Waals surface area contributed by atoms with Crippen molar-refractivity contribution in [3.8, 4) is 0 Å². The molecule has 1 fully saturated rings. The van der Waals surface area contributed by atoms with Gasteiger partial charge in [0.1, 0.15) is 5.82 Å². The van der Waals surface area contributed by atoms with Gasteiger partial charge < -0.3 is 20.5 Å². The number of nitrogens with one attached hydrogen (secondary N) is 2. The highest BCUT2D eigenvalue weighted by Crippen LogP contribution is 2.37. The lowest BCUT2D eigenvalue weighted by Gasteiger charge is -2.30. The van der Waals surface area contributed by atoms with E-state index >= 15 is 0 Å². The SMILES string of the molecule is COC(CNC(=O)NC1CCCC1(C)CO)c1ccc(F)cc1. The second-order valence-corrected chi connectivity index (χ2v) is 6.39. The minimum atomic E-state index is -0.339. The van der Waals surface area contributed by atoms with E-state index in [2.05, 4.69) is 10.6 Å². The van der Waals surface area contributed by atoms with Gasteiger partial charge >= 0.3 is 6.03 Å². The topological polar surface area (TPSA) is 70.6 Å². The summed E-state index contributed by atoms with van der Waals surface area (Å²) in [6.07, 6.45) is 2.44. The van der Waals surface area contributed by atoms with Crippen LogP contribution in [0.3, 0.4) is 0 Å². The molecule has 2 rings (SSSR count). The average Bonchev–Trinajstić information content (AvgIpc) is 2.91. The predicted octanol–water partition coefficient (Wildman–Crippen LogP) is 2.36. The van der Waals surface area contributed by atoms with Gasteiger partial charge in [-0.15, -0.1) is 0 Å². The number of carbonyl (C=O) groups excluding carboxylic acids is 1. The molecule has 3 atom stereocenters. The van der Waals surface area contributed by atoms with Gasteiger partial charge in [-0.3, -0.25) is 0 Å². The molecule has 0 aliphatic heterocycles. The van der Waals surface area contributed by atoms with Gasteiger partial charge in [0, 0.05) is 25.1 Å². The Morgan fingerprint density at radius 2 is 2.17 bits per heavy atom. The van der Waals surface area contributed by atoms with Crippen LogP contribution in [0.25, 0.3) is 0 Å². The summed E-state index contributed by atoms with van der Waals surface area (Å²) in [5.41, 5.74) is 0.546. The van der Waals surface area contributed by atoms with Gasteiger partial charge in [0.2, 0.25) is 0 Å². The molecule has 1 aliphatic carbocycles. The molecule has 1 aliphatic rings. The molecule has 3 N–H and O–H groups in total. The molecule has 6 heteroatoms. The Morgan fingerprint density at radius 1 is 1.48 bits per heavy atom. The summed E-state index contributed by atoms with van der Waals surface area (Å²) < 4.78 is 18.3. The number of ether oxygens (including phenoxy) is 1. The standard InChI is InChI=1S/C17H25FN2O3/c1-17(11-21)9-3-4-15(17)20-16(22)19-10-14(23-2)12-5-7-13(18)8-6-12/h5-8,14-15,21H,3-4,9-11H2,1-2H3,(H2,19,20,22). The summed E-state index contributed by atoms with van der Waals surface area (Å²) in [6, 6.07) is 5.71. The van der Waals surface area contributed by atoms with E-state index in [0.29, 0.717) is 0 Å². The smallest absolute Gasteiger partial charge is 0.315 e. The number of amides is 2. The van der Waals surface area contributed by atoms with E-state index in [0.717, 1.165) is 24.8 Å². The van der Waals surface area contributed by atoms with Crippen molar-refractivity contribution in [2.45, 2.75) is 38.3 Å². The van der Waals surface area contributed by atoms with Crippen LogP contribution in [0, 0.1) is 11.2 Å². The molecular weight excluding hydrogens is 299 g/mol. The number of carbonyl (C=O) groups is 1. The zero-order valence-electron chi connectivity index (χ0n) is 13.6. The first-order valence-corrected chi connectivity index (χ1v) is 7.92. The number of urea groups is 1. The molecule has 0 saturated heterocycles. The van der Waals surface area contributed by atoms with Crippen molar-refractivity contribution in [3.05, 3.63) is 35.6 Å². The molecule has 0 bridgehead atoms. The third-order valence-corrected chi connectivity index (χ3v) is 4.72. The van der Waals surface area contributed by atoms with E-state index < -0.39 is 0 Å². The Bertz CT molecular complexity index is 523. The van der Waals surface area contributed by atoms with Crippen LogP contribution in [0.2, 0.25) is 0 Å². The molecule has 5 nitrogen and oxygen atoms in total. The molecule has 0 radical (unpaired) electrons. The van der Waals surface area contributed by atoms with Crippen molar-refractivity contribution in [2.24, 2.45) is 5.41 Å². The maximum atomic E-state index is 13.0. The van der Waals surface area contributed by atoms with Crippen molar-refractivity contribution in [1.82, 2.24) is 10.6 Å². The normalized spacial score (nSPS) is 25.1. The van der Waals surface area contributed by atoms with E-state index in [1.807, 2.05) is 6.92 Å². The minimum Gasteiger partial charge on any atom is -0.396 e. The maximum Gasteiger partial charge on any atom is 0.315 e. The number of aliphatic hydroxyl groups excluding tert-OH is 1. The fraction of sp³-hybridized carbons (Fsp3) is 0.588. The second-order valence-electron chi connectivity index (χ2n) is 6.39. The van der Waals surface area contributed by atoms with Crippen molar-refractivity contribution in [3.63, 3.8) is 0 Å². The maximum absolute atomic E-state index is 13.0. The third-order valence-electron chi connectivity index (χ3n) is 4.72. The Kier molecular flexibility index (Phi) is 5.96. The number of rotatable bonds is 6. The quantitative estimate of drug-likeness (QED) is 0.752. The highest BCUT2D eigenvalue weighted by molar-refractivity contribution is 5.74. The first-order chi connectivity index (χ1) is 11.0. The van der Waals surface area contributed by atoms with Crippen LogP contribution in [-0.2, 0) is 4.74 Å². The van der Waals surface area contributed by atoms with Crippen molar-refractivity contribution < 1.29 is 19.0 Å². The number of aliphatic hydroxyl groups is 1. The molecule has 1 aromatic carbocycles. The summed E-state index contributed by atoms with van der Waals surface area (Å²) in [5, 5.41) is 15.2. The van der Waals surface area contributed by atoms with Gasteiger partial charge in [-0.2, -0.15) is 0 Å². The van der Waals surface area contributed by atoms with E-state index in [4.69, 9.17) is 4.74 Å². The van der Waals surface area contributed by atoms with Crippen LogP contribution in [0.5, 0.6) is 0 Å². The highest BCUT2D eigenvalue weighted by atomic mass is 19.1. The zero-order valence-corrected chi connectivity index (χ0v) is 13.6. The summed E-state index contributed by atoms with van der Waals surface area (Å²) in [6.45, 7) is 2.34. The molecule has 23 heavy (non-hydrogen) atoms. The van der Waals surface area contributed by atoms with E-state index in [-0.39, 0.29) is 42.6 Å². The largest absolute Gasteiger partial charge is 0.396 e. The number of methoxy groups -OCH3 is 1. The molecule has 0 aromatic heterocycles. The zero-order chi connectivity index (χ0) is 16.9. The molecule has 2 amide bonds. The third kappa shape index (κ3) is 4.42. The van der Waals surface area contributed by atoms with Crippen LogP contribution in [0.4, 0.5) is 9.18 Å². The summed E-state index contributed by atoms with van der Waals surface area (Å²) >= 11 is 0. The van der Waals surface area contributed by atoms with Gasteiger partial charge in [0.25, 0.3) is 0 Å². The van der Waals surface area contributed by atoms with Gasteiger partial charge in [-0.05, 0) is 30.5 Å². The molecule has 0 spiro atoms. The first kappa shape index (κ1) is 17.7. The summed E-state index contributed by atoms with van der Waals surface area (Å²) in [5.74, 6) is -0.307. The lowest BCUT2D eigenvalue weighted by molar-refractivity contribution is 0.101. The van der Waals surface area contributed by atoms with Crippen molar-refractivity contribution in [2.75, 3.05) is 20.3 Å². The van der Waals surface area contributed by atoms with E-state index in [9.17, 15) is 14.3 Å². The minimum absolute atomic E-state index is 0.0284. The highest BCUT2D eigenvalue weighted by Gasteiger charge is 2.39. The fourth-order valence-electron chi connectivity index (χ4n) is 3.08. The second kappa shape index (κ2) is 7.75. The number of halogens is 1. The molecular formula is C17H25FN2O3. The Morgan fingerprint density at radius 3 is 2.78 bits per heavy atom. The Labute approximate surface area is 136 Å². The van der Waals surface area contributed by atoms with Crippen LogP contribution < -0.4 is 10.6 Å². The summed E-state index contributed by atoms with van der Waals surface area (Å²) in [7, 11) is 1.55. The van der Waals surface area contributed by atoms with Crippen molar-refractivity contribution in [1.29, 1.82) is 0 Å². The van der Waals surface area contributed by atoms with E-state index in [1.54, 1.807) is 19.2 Å².